The van der Waals surface area contributed by atoms with Crippen molar-refractivity contribution in [1.29, 1.82) is 0 Å². The van der Waals surface area contributed by atoms with Gasteiger partial charge in [-0.05, 0) is 73.4 Å². The van der Waals surface area contributed by atoms with E-state index >= 15 is 0 Å². The predicted octanol–water partition coefficient (Wildman–Crippen LogP) is 6.83. The maximum absolute atomic E-state index is 11.4. The van der Waals surface area contributed by atoms with Crippen LogP contribution in [0.1, 0.15) is 77.4 Å². The molecule has 0 amide bonds. The molecule has 5 atom stereocenters. The third kappa shape index (κ3) is 6.75. The smallest absolute Gasteiger partial charge is 0.120 e. The lowest BCUT2D eigenvalue weighted by Crippen LogP contribution is -2.55. The maximum Gasteiger partial charge on any atom is 0.120 e. The van der Waals surface area contributed by atoms with Crippen LogP contribution in [0, 0.1) is 17.8 Å². The van der Waals surface area contributed by atoms with E-state index in [9.17, 15) is 5.11 Å². The standard InChI is InChI=1S/C27H40N2O2.2ClH/c1-4-20-18-29-14-12-21(20)16-26(29)27(30)23-11-13-28-25-10-9-22(17-24(23)25)31-15-7-5-6-8-19(2)3;;/h9-11,13,17,19-21,26-27,30H,4-8,12,14-16,18H2,1-3H3;2*1H. The Morgan fingerprint density at radius 3 is 2.67 bits per heavy atom. The molecule has 3 fully saturated rings. The van der Waals surface area contributed by atoms with Gasteiger partial charge < -0.3 is 9.84 Å². The third-order valence-electron chi connectivity index (χ3n) is 7.58. The molecule has 5 rings (SSSR count). The lowest BCUT2D eigenvalue weighted by Gasteiger charge is -2.51. The number of aromatic nitrogens is 1. The summed E-state index contributed by atoms with van der Waals surface area (Å²) in [5.41, 5.74) is 1.93. The number of hydrogen-bond acceptors (Lipinski definition) is 4. The Hall–Kier alpha value is -1.07. The summed E-state index contributed by atoms with van der Waals surface area (Å²) in [6, 6.07) is 8.35. The number of ether oxygens (including phenoxy) is 1. The Bertz CT molecular complexity index is 863. The number of hydrogen-bond donors (Lipinski definition) is 1. The molecule has 1 aromatic carbocycles. The Balaban J connectivity index is 0.00000193. The van der Waals surface area contributed by atoms with Gasteiger partial charge in [-0.15, -0.1) is 24.8 Å². The van der Waals surface area contributed by atoms with Crippen molar-refractivity contribution in [1.82, 2.24) is 9.88 Å². The van der Waals surface area contributed by atoms with Gasteiger partial charge in [0.25, 0.3) is 0 Å². The van der Waals surface area contributed by atoms with Crippen LogP contribution < -0.4 is 4.74 Å². The van der Waals surface area contributed by atoms with Gasteiger partial charge in [-0.2, -0.15) is 0 Å². The summed E-state index contributed by atoms with van der Waals surface area (Å²) in [6.07, 6.45) is 9.88. The van der Waals surface area contributed by atoms with Crippen LogP contribution in [0.25, 0.3) is 10.9 Å². The van der Waals surface area contributed by atoms with E-state index in [0.29, 0.717) is 0 Å². The molecule has 4 nitrogen and oxygen atoms in total. The van der Waals surface area contributed by atoms with Crippen molar-refractivity contribution < 1.29 is 9.84 Å². The van der Waals surface area contributed by atoms with Crippen LogP contribution >= 0.6 is 24.8 Å². The first-order chi connectivity index (χ1) is 15.1. The van der Waals surface area contributed by atoms with Gasteiger partial charge in [-0.1, -0.05) is 46.5 Å². The Morgan fingerprint density at radius 1 is 1.15 bits per heavy atom. The molecular formula is C27H42Cl2N2O2. The Morgan fingerprint density at radius 2 is 1.97 bits per heavy atom. The fraction of sp³-hybridized carbons (Fsp3) is 0.667. The molecule has 1 N–H and O–H groups in total. The third-order valence-corrected chi connectivity index (χ3v) is 7.58. The minimum absolute atomic E-state index is 0. The zero-order chi connectivity index (χ0) is 21.8. The van der Waals surface area contributed by atoms with Crippen molar-refractivity contribution in [3.05, 3.63) is 36.0 Å². The molecule has 4 heterocycles. The molecule has 0 spiro atoms. The highest BCUT2D eigenvalue weighted by atomic mass is 35.5. The van der Waals surface area contributed by atoms with E-state index in [1.54, 1.807) is 0 Å². The van der Waals surface area contributed by atoms with Crippen LogP contribution in [0.3, 0.4) is 0 Å². The van der Waals surface area contributed by atoms with E-state index < -0.39 is 6.10 Å². The SMILES string of the molecule is CCC1CN2CCC1CC2C(O)c1ccnc2ccc(OCCCCCC(C)C)cc12.Cl.Cl. The number of aliphatic hydroxyl groups excluding tert-OH is 1. The quantitative estimate of drug-likeness (QED) is 0.366. The molecule has 6 heteroatoms. The van der Waals surface area contributed by atoms with Crippen LogP contribution in [0.2, 0.25) is 0 Å². The van der Waals surface area contributed by atoms with Crippen LogP contribution in [-0.4, -0.2) is 40.7 Å². The number of rotatable bonds is 10. The van der Waals surface area contributed by atoms with E-state index in [1.165, 1.54) is 32.1 Å². The Labute approximate surface area is 212 Å². The van der Waals surface area contributed by atoms with Gasteiger partial charge in [0.2, 0.25) is 0 Å². The van der Waals surface area contributed by atoms with Crippen molar-refractivity contribution in [3.8, 4) is 5.75 Å². The molecule has 0 saturated carbocycles. The average Bonchev–Trinajstić information content (AvgIpc) is 2.80. The normalized spacial score (nSPS) is 24.9. The van der Waals surface area contributed by atoms with Crippen molar-refractivity contribution in [3.63, 3.8) is 0 Å². The Kier molecular flexibility index (Phi) is 11.2. The van der Waals surface area contributed by atoms with Gasteiger partial charge in [0.05, 0.1) is 18.2 Å². The number of unbranched alkanes of at least 4 members (excludes halogenated alkanes) is 2. The largest absolute Gasteiger partial charge is 0.494 e. The van der Waals surface area contributed by atoms with E-state index in [4.69, 9.17) is 4.74 Å². The molecule has 3 aliphatic heterocycles. The van der Waals surface area contributed by atoms with E-state index in [0.717, 1.165) is 72.5 Å². The zero-order valence-corrected chi connectivity index (χ0v) is 22.0. The number of benzene rings is 1. The summed E-state index contributed by atoms with van der Waals surface area (Å²) in [5.74, 6) is 3.22. The second-order valence-electron chi connectivity index (χ2n) is 10.1. The van der Waals surface area contributed by atoms with Crippen molar-refractivity contribution >= 4 is 35.7 Å². The number of nitrogens with zero attached hydrogens (tertiary/aromatic N) is 2. The summed E-state index contributed by atoms with van der Waals surface area (Å²) >= 11 is 0. The number of aliphatic hydroxyl groups is 1. The van der Waals surface area contributed by atoms with Gasteiger partial charge in [0.15, 0.2) is 0 Å². The van der Waals surface area contributed by atoms with Crippen molar-refractivity contribution in [2.24, 2.45) is 17.8 Å². The first-order valence-corrected chi connectivity index (χ1v) is 12.5. The molecule has 33 heavy (non-hydrogen) atoms. The molecule has 2 aromatic rings. The number of pyridine rings is 1. The van der Waals surface area contributed by atoms with E-state index in [-0.39, 0.29) is 30.9 Å². The minimum atomic E-state index is -0.475. The monoisotopic (exact) mass is 496 g/mol. The number of piperidine rings is 3. The minimum Gasteiger partial charge on any atom is -0.494 e. The van der Waals surface area contributed by atoms with Crippen LogP contribution in [0.4, 0.5) is 0 Å². The lowest BCUT2D eigenvalue weighted by atomic mass is 9.72. The van der Waals surface area contributed by atoms with Crippen LogP contribution in [-0.2, 0) is 0 Å². The zero-order valence-electron chi connectivity index (χ0n) is 20.4. The van der Waals surface area contributed by atoms with Crippen molar-refractivity contribution in [2.75, 3.05) is 19.7 Å². The second-order valence-corrected chi connectivity index (χ2v) is 10.1. The molecule has 2 bridgehead atoms. The van der Waals surface area contributed by atoms with Gasteiger partial charge in [-0.25, -0.2) is 0 Å². The van der Waals surface area contributed by atoms with Gasteiger partial charge >= 0.3 is 0 Å². The van der Waals surface area contributed by atoms with E-state index in [2.05, 4.69) is 36.7 Å². The first-order valence-electron chi connectivity index (χ1n) is 12.5. The predicted molar refractivity (Wildman–Crippen MR) is 142 cm³/mol. The van der Waals surface area contributed by atoms with Gasteiger partial charge in [-0.3, -0.25) is 9.88 Å². The van der Waals surface area contributed by atoms with Crippen LogP contribution in [0.5, 0.6) is 5.75 Å². The molecule has 3 aliphatic rings. The van der Waals surface area contributed by atoms with Gasteiger partial charge in [0.1, 0.15) is 5.75 Å². The topological polar surface area (TPSA) is 45.6 Å². The highest BCUT2D eigenvalue weighted by Gasteiger charge is 2.42. The number of halogens is 2. The molecular weight excluding hydrogens is 455 g/mol. The molecule has 1 aromatic heterocycles. The fourth-order valence-electron chi connectivity index (χ4n) is 5.69. The first kappa shape index (κ1) is 28.2. The summed E-state index contributed by atoms with van der Waals surface area (Å²) in [4.78, 5) is 7.07. The average molecular weight is 498 g/mol. The number of fused-ring (bicyclic) bond motifs is 4. The molecule has 5 unspecified atom stereocenters. The molecule has 186 valence electrons. The van der Waals surface area contributed by atoms with Crippen molar-refractivity contribution in [2.45, 2.75) is 77.9 Å². The van der Waals surface area contributed by atoms with E-state index in [1.807, 2.05) is 24.4 Å². The summed E-state index contributed by atoms with van der Waals surface area (Å²) < 4.78 is 6.06. The summed E-state index contributed by atoms with van der Waals surface area (Å²) in [6.45, 7) is 9.87. The summed E-state index contributed by atoms with van der Waals surface area (Å²) in [5, 5.41) is 12.5. The maximum atomic E-state index is 11.4. The molecule has 0 aliphatic carbocycles. The fourth-order valence-corrected chi connectivity index (χ4v) is 5.69. The molecule has 0 radical (unpaired) electrons. The highest BCUT2D eigenvalue weighted by Crippen LogP contribution is 2.42. The van der Waals surface area contributed by atoms with Crippen LogP contribution in [0.15, 0.2) is 30.5 Å². The lowest BCUT2D eigenvalue weighted by molar-refractivity contribution is -0.0562. The highest BCUT2D eigenvalue weighted by molar-refractivity contribution is 5.85. The second kappa shape index (κ2) is 13.1. The van der Waals surface area contributed by atoms with Gasteiger partial charge in [0, 0.05) is 24.2 Å². The summed E-state index contributed by atoms with van der Waals surface area (Å²) in [7, 11) is 0. The molecule has 3 saturated heterocycles.